The van der Waals surface area contributed by atoms with E-state index >= 15 is 0 Å². The Labute approximate surface area is 113 Å². The van der Waals surface area contributed by atoms with E-state index in [1.165, 1.54) is 34.9 Å². The molecule has 0 aliphatic rings. The third-order valence-corrected chi connectivity index (χ3v) is 4.37. The molecule has 1 aromatic rings. The van der Waals surface area contributed by atoms with E-state index in [4.69, 9.17) is 9.47 Å². The Hall–Kier alpha value is -0.470. The Bertz CT molecular complexity index is 370. The molecule has 0 N–H and O–H groups in total. The summed E-state index contributed by atoms with van der Waals surface area (Å²) in [6.45, 7) is 5.32. The van der Waals surface area contributed by atoms with Gasteiger partial charge in [-0.25, -0.2) is 4.79 Å². The van der Waals surface area contributed by atoms with Crippen molar-refractivity contribution in [2.24, 2.45) is 0 Å². The molecule has 0 amide bonds. The molecule has 1 aromatic heterocycles. The first-order valence-electron chi connectivity index (χ1n) is 4.92. The monoisotopic (exact) mass is 294 g/mol. The molecule has 0 radical (unpaired) electrons. The first-order chi connectivity index (χ1) is 8.01. The van der Waals surface area contributed by atoms with E-state index in [-0.39, 0.29) is 11.5 Å². The third-order valence-electron chi connectivity index (χ3n) is 1.42. The molecule has 0 bridgehead atoms. The van der Waals surface area contributed by atoms with Crippen molar-refractivity contribution in [1.29, 1.82) is 0 Å². The summed E-state index contributed by atoms with van der Waals surface area (Å²) in [6.07, 6.45) is 1.11. The average molecular weight is 294 g/mol. The summed E-state index contributed by atoms with van der Waals surface area (Å²) in [7, 11) is 0. The fraction of sp³-hybridized carbons (Fsp3) is 0.667. The van der Waals surface area contributed by atoms with Gasteiger partial charge in [0.25, 0.3) is 0 Å². The van der Waals surface area contributed by atoms with Gasteiger partial charge in [-0.3, -0.25) is 0 Å². The van der Waals surface area contributed by atoms with Gasteiger partial charge in [0.05, 0.1) is 6.10 Å². The van der Waals surface area contributed by atoms with Gasteiger partial charge in [0, 0.05) is 0 Å². The minimum absolute atomic E-state index is 0.177. The maximum atomic E-state index is 11.2. The summed E-state index contributed by atoms with van der Waals surface area (Å²) in [4.78, 5) is 11.2. The maximum Gasteiger partial charge on any atom is 0.509 e. The molecule has 5 nitrogen and oxygen atoms in total. The molecule has 0 unspecified atom stereocenters. The molecule has 0 aliphatic heterocycles. The highest BCUT2D eigenvalue weighted by Gasteiger charge is 2.15. The molecule has 1 heterocycles. The lowest BCUT2D eigenvalue weighted by Gasteiger charge is -2.12. The number of hydrogen-bond acceptors (Lipinski definition) is 8. The summed E-state index contributed by atoms with van der Waals surface area (Å²) in [5.41, 5.74) is -0.344. The van der Waals surface area contributed by atoms with Crippen LogP contribution in [0.25, 0.3) is 0 Å². The minimum atomic E-state index is -0.658. The lowest BCUT2D eigenvalue weighted by atomic mass is 10.5. The highest BCUT2D eigenvalue weighted by Crippen LogP contribution is 2.30. The van der Waals surface area contributed by atoms with E-state index < -0.39 is 6.16 Å². The first-order valence-corrected chi connectivity index (χ1v) is 7.84. The van der Waals surface area contributed by atoms with Crippen LogP contribution in [0.5, 0.6) is 0 Å². The molecular formula is C9H14N2O3S3. The van der Waals surface area contributed by atoms with E-state index in [1.54, 1.807) is 20.8 Å². The summed E-state index contributed by atoms with van der Waals surface area (Å²) >= 11 is 4.36. The van der Waals surface area contributed by atoms with Crippen LogP contribution in [0.4, 0.5) is 4.79 Å². The van der Waals surface area contributed by atoms with Gasteiger partial charge in [-0.1, -0.05) is 23.1 Å². The zero-order valence-corrected chi connectivity index (χ0v) is 12.4. The molecule has 0 fully saturated rings. The quantitative estimate of drug-likeness (QED) is 0.469. The number of nitrogens with zero attached hydrogens (tertiary/aromatic N) is 2. The van der Waals surface area contributed by atoms with Gasteiger partial charge in [0.15, 0.2) is 14.1 Å². The molecule has 0 aromatic carbocycles. The lowest BCUT2D eigenvalue weighted by molar-refractivity contribution is 0.0312. The molecule has 0 saturated heterocycles. The molecule has 0 spiro atoms. The molecule has 17 heavy (non-hydrogen) atoms. The van der Waals surface area contributed by atoms with Gasteiger partial charge >= 0.3 is 6.16 Å². The Morgan fingerprint density at radius 3 is 2.41 bits per heavy atom. The Kier molecular flexibility index (Phi) is 6.07. The molecule has 1 atom stereocenters. The largest absolute Gasteiger partial charge is 0.509 e. The van der Waals surface area contributed by atoms with Crippen LogP contribution in [0.2, 0.25) is 0 Å². The van der Waals surface area contributed by atoms with Crippen molar-refractivity contribution in [3.8, 4) is 0 Å². The number of rotatable bonds is 5. The van der Waals surface area contributed by atoms with E-state index in [2.05, 4.69) is 10.2 Å². The number of ether oxygens (including phenoxy) is 2. The van der Waals surface area contributed by atoms with Crippen LogP contribution in [0.3, 0.4) is 0 Å². The van der Waals surface area contributed by atoms with Crippen molar-refractivity contribution in [2.45, 2.75) is 41.0 Å². The third kappa shape index (κ3) is 5.60. The zero-order valence-electron chi connectivity index (χ0n) is 10.00. The summed E-state index contributed by atoms with van der Waals surface area (Å²) < 4.78 is 11.6. The molecule has 1 rings (SSSR count). The van der Waals surface area contributed by atoms with Gasteiger partial charge in [0.2, 0.25) is 0 Å². The second-order valence-electron chi connectivity index (χ2n) is 3.26. The van der Waals surface area contributed by atoms with E-state index in [0.29, 0.717) is 0 Å². The average Bonchev–Trinajstić information content (AvgIpc) is 2.63. The highest BCUT2D eigenvalue weighted by molar-refractivity contribution is 8.03. The number of hydrogen-bond donors (Lipinski definition) is 0. The summed E-state index contributed by atoms with van der Waals surface area (Å²) in [6, 6.07) is 0. The topological polar surface area (TPSA) is 61.3 Å². The summed E-state index contributed by atoms with van der Waals surface area (Å²) in [5, 5.41) is 7.93. The van der Waals surface area contributed by atoms with Crippen LogP contribution in [0.15, 0.2) is 8.68 Å². The van der Waals surface area contributed by atoms with Gasteiger partial charge in [-0.2, -0.15) is 0 Å². The van der Waals surface area contributed by atoms with E-state index in [1.807, 2.05) is 6.26 Å². The normalized spacial score (nSPS) is 12.5. The van der Waals surface area contributed by atoms with Crippen LogP contribution in [-0.2, 0) is 9.47 Å². The number of carbonyl (C=O) groups is 1. The van der Waals surface area contributed by atoms with Crippen LogP contribution >= 0.6 is 34.9 Å². The predicted octanol–water partition coefficient (Wildman–Crippen LogP) is 3.26. The van der Waals surface area contributed by atoms with Gasteiger partial charge < -0.3 is 9.47 Å². The van der Waals surface area contributed by atoms with Crippen LogP contribution in [-0.4, -0.2) is 34.1 Å². The number of aromatic nitrogens is 2. The smallest absolute Gasteiger partial charge is 0.432 e. The van der Waals surface area contributed by atoms with Crippen molar-refractivity contribution < 1.29 is 14.3 Å². The van der Waals surface area contributed by atoms with Gasteiger partial charge in [-0.05, 0) is 38.8 Å². The Morgan fingerprint density at radius 2 is 1.88 bits per heavy atom. The molecule has 0 aliphatic carbocycles. The fourth-order valence-electron chi connectivity index (χ4n) is 0.849. The Balaban J connectivity index is 2.38. The van der Waals surface area contributed by atoms with Gasteiger partial charge in [0.1, 0.15) is 0 Å². The standard InChI is InChI=1S/C9H14N2O3S3/c1-5(2)13-9(12)14-6(3)16-8-11-10-7(15-4)17-8/h5-6H,1-4H3/t6-/m1/s1. The first kappa shape index (κ1) is 14.6. The van der Waals surface area contributed by atoms with Crippen molar-refractivity contribution in [1.82, 2.24) is 10.2 Å². The Morgan fingerprint density at radius 1 is 1.24 bits per heavy atom. The van der Waals surface area contributed by atoms with Gasteiger partial charge in [-0.15, -0.1) is 10.2 Å². The van der Waals surface area contributed by atoms with E-state index in [9.17, 15) is 4.79 Å². The second-order valence-corrected chi connectivity index (χ2v) is 6.83. The molecule has 96 valence electrons. The van der Waals surface area contributed by atoms with Crippen LogP contribution in [0.1, 0.15) is 20.8 Å². The van der Waals surface area contributed by atoms with Crippen LogP contribution < -0.4 is 0 Å². The van der Waals surface area contributed by atoms with Crippen molar-refractivity contribution >= 4 is 41.0 Å². The summed E-state index contributed by atoms with van der Waals surface area (Å²) in [5.74, 6) is 0. The number of thioether (sulfide) groups is 2. The van der Waals surface area contributed by atoms with Crippen molar-refractivity contribution in [3.05, 3.63) is 0 Å². The number of carbonyl (C=O) groups excluding carboxylic acids is 1. The highest BCUT2D eigenvalue weighted by atomic mass is 32.2. The molecular weight excluding hydrogens is 280 g/mol. The van der Waals surface area contributed by atoms with Crippen molar-refractivity contribution in [3.63, 3.8) is 0 Å². The predicted molar refractivity (Wildman–Crippen MR) is 69.7 cm³/mol. The minimum Gasteiger partial charge on any atom is -0.432 e. The van der Waals surface area contributed by atoms with Crippen LogP contribution in [0, 0.1) is 0 Å². The molecule has 0 saturated carbocycles. The van der Waals surface area contributed by atoms with E-state index in [0.717, 1.165) is 8.68 Å². The fourth-order valence-corrected chi connectivity index (χ4v) is 3.35. The second kappa shape index (κ2) is 7.07. The maximum absolute atomic E-state index is 11.2. The molecule has 8 heteroatoms. The van der Waals surface area contributed by atoms with Crippen molar-refractivity contribution in [2.75, 3.05) is 6.26 Å². The lowest BCUT2D eigenvalue weighted by Crippen LogP contribution is -2.17. The zero-order chi connectivity index (χ0) is 12.8. The SMILES string of the molecule is CSc1nnc(S[C@H](C)OC(=O)OC(C)C)s1.